The highest BCUT2D eigenvalue weighted by atomic mass is 32.2. The summed E-state index contributed by atoms with van der Waals surface area (Å²) < 4.78 is 20.7. The van der Waals surface area contributed by atoms with E-state index in [0.29, 0.717) is 0 Å². The van der Waals surface area contributed by atoms with Gasteiger partial charge in [0.15, 0.2) is 0 Å². The number of hydrogen-bond donors (Lipinski definition) is 1. The third-order valence-corrected chi connectivity index (χ3v) is 1.83. The van der Waals surface area contributed by atoms with Crippen molar-refractivity contribution in [3.8, 4) is 0 Å². The minimum atomic E-state index is -2.35. The molecule has 1 atom stereocenters. The Morgan fingerprint density at radius 3 is 2.33 bits per heavy atom. The number of rotatable bonds is 1. The monoisotopic (exact) mass is 150 g/mol. The first kappa shape index (κ1) is 6.21. The number of aliphatic carboxylic acids is 1. The lowest BCUT2D eigenvalue weighted by Gasteiger charge is -1.67. The van der Waals surface area contributed by atoms with Gasteiger partial charge in [0.2, 0.25) is 6.54 Å². The Kier molecular flexibility index (Phi) is 1.24. The van der Waals surface area contributed by atoms with E-state index in [0.717, 1.165) is 3.95 Å². The van der Waals surface area contributed by atoms with Crippen molar-refractivity contribution in [1.29, 1.82) is 0 Å². The number of hydrogen-bond acceptors (Lipinski definition) is 3. The lowest BCUT2D eigenvalue weighted by atomic mass is 10.5. The average Bonchev–Trinajstić information content (AvgIpc) is 2.39. The lowest BCUT2D eigenvalue weighted by Crippen LogP contribution is -2.05. The van der Waals surface area contributed by atoms with Crippen LogP contribution in [0.15, 0.2) is 0 Å². The second-order valence-corrected chi connectivity index (χ2v) is 2.57. The summed E-state index contributed by atoms with van der Waals surface area (Å²) in [7, 11) is -2.35. The molecule has 1 aliphatic heterocycles. The van der Waals surface area contributed by atoms with Crippen molar-refractivity contribution < 1.29 is 22.3 Å². The zero-order valence-electron chi connectivity index (χ0n) is 4.31. The molecule has 1 aliphatic rings. The van der Waals surface area contributed by atoms with Crippen LogP contribution in [0.4, 0.5) is 0 Å². The summed E-state index contributed by atoms with van der Waals surface area (Å²) in [6.45, 7) is 0.117. The molecule has 0 spiro atoms. The Hall–Kier alpha value is -0.910. The van der Waals surface area contributed by atoms with Gasteiger partial charge in [0.25, 0.3) is 0 Å². The van der Waals surface area contributed by atoms with E-state index in [1.54, 1.807) is 0 Å². The van der Waals surface area contributed by atoms with Crippen LogP contribution in [-0.4, -0.2) is 36.0 Å². The Bertz CT molecular complexity index is 268. The van der Waals surface area contributed by atoms with Gasteiger partial charge in [0, 0.05) is 0 Å². The van der Waals surface area contributed by atoms with E-state index in [1.807, 2.05) is 0 Å². The summed E-state index contributed by atoms with van der Waals surface area (Å²) in [5.74, 6) is -1.08. The van der Waals surface area contributed by atoms with E-state index in [9.17, 15) is 13.2 Å². The molecule has 1 unspecified atom stereocenters. The molecule has 9 heavy (non-hydrogen) atoms. The first-order valence-corrected chi connectivity index (χ1v) is 3.25. The fraction of sp³-hybridized carbons (Fsp3) is 0.667. The predicted molar refractivity (Wildman–Crippen MR) is 25.5 cm³/mol. The molecule has 0 amide bonds. The molecular weight excluding hydrogens is 146 g/mol. The number of carboxylic acids is 1. The highest BCUT2D eigenvalue weighted by Gasteiger charge is 2.51. The van der Waals surface area contributed by atoms with Crippen molar-refractivity contribution in [1.82, 2.24) is 0 Å². The zero-order valence-corrected chi connectivity index (χ0v) is 5.13. The van der Waals surface area contributed by atoms with E-state index in [1.165, 1.54) is 0 Å². The number of carboxylic acid groups (broad SMARTS) is 1. The van der Waals surface area contributed by atoms with Crippen LogP contribution in [0.3, 0.4) is 0 Å². The molecule has 0 aromatic carbocycles. The minimum absolute atomic E-state index is 0.117. The number of nitrogens with zero attached hydrogens (tertiary/aromatic N) is 1. The maximum Gasteiger partial charge on any atom is 0.460 e. The molecule has 6 heteroatoms. The van der Waals surface area contributed by atoms with Crippen LogP contribution in [0.1, 0.15) is 0 Å². The fourth-order valence-electron chi connectivity index (χ4n) is 0.489. The standard InChI is InChI=1S/C3H3NO4S/c5-3(6)2-1-4(2)9(7)8/h2H,1H2/p+1. The molecule has 0 aromatic heterocycles. The summed E-state index contributed by atoms with van der Waals surface area (Å²) in [6, 6.07) is -0.802. The SMILES string of the molecule is O=C(O)C1C[N+]1=S(=O)=O. The normalized spacial score (nSPS) is 23.6. The van der Waals surface area contributed by atoms with E-state index in [-0.39, 0.29) is 6.54 Å². The van der Waals surface area contributed by atoms with Crippen molar-refractivity contribution in [2.45, 2.75) is 6.04 Å². The van der Waals surface area contributed by atoms with Crippen LogP contribution in [-0.2, 0) is 15.3 Å². The molecule has 0 bridgehead atoms. The van der Waals surface area contributed by atoms with E-state index in [2.05, 4.69) is 0 Å². The summed E-state index contributed by atoms with van der Waals surface area (Å²) in [4.78, 5) is 9.96. The fourth-order valence-corrected chi connectivity index (χ4v) is 1.05. The van der Waals surface area contributed by atoms with E-state index >= 15 is 0 Å². The summed E-state index contributed by atoms with van der Waals surface area (Å²) in [6.07, 6.45) is 0. The Labute approximate surface area is 52.2 Å². The van der Waals surface area contributed by atoms with E-state index < -0.39 is 22.5 Å². The lowest BCUT2D eigenvalue weighted by molar-refractivity contribution is -0.328. The summed E-state index contributed by atoms with van der Waals surface area (Å²) in [5.41, 5.74) is 0. The first-order chi connectivity index (χ1) is 4.13. The van der Waals surface area contributed by atoms with Crippen molar-refractivity contribution in [2.24, 2.45) is 0 Å². The van der Waals surface area contributed by atoms with Crippen LogP contribution in [0.5, 0.6) is 0 Å². The van der Waals surface area contributed by atoms with Crippen LogP contribution in [0.2, 0.25) is 0 Å². The first-order valence-electron chi connectivity index (χ1n) is 2.21. The molecule has 0 radical (unpaired) electrons. The van der Waals surface area contributed by atoms with Gasteiger partial charge in [-0.15, -0.1) is 8.42 Å². The van der Waals surface area contributed by atoms with Crippen molar-refractivity contribution in [3.05, 3.63) is 0 Å². The Balaban J connectivity index is 2.85. The molecule has 0 saturated carbocycles. The van der Waals surface area contributed by atoms with Crippen LogP contribution < -0.4 is 0 Å². The molecule has 1 rings (SSSR count). The van der Waals surface area contributed by atoms with Gasteiger partial charge in [-0.2, -0.15) is 0 Å². The molecule has 5 nitrogen and oxygen atoms in total. The maximum absolute atomic E-state index is 9.96. The average molecular weight is 150 g/mol. The second kappa shape index (κ2) is 1.80. The van der Waals surface area contributed by atoms with Crippen molar-refractivity contribution in [2.75, 3.05) is 6.54 Å². The Morgan fingerprint density at radius 1 is 1.67 bits per heavy atom. The maximum atomic E-state index is 9.96. The predicted octanol–water partition coefficient (Wildman–Crippen LogP) is -1.47. The van der Waals surface area contributed by atoms with Gasteiger partial charge in [-0.3, -0.25) is 0 Å². The molecule has 1 saturated heterocycles. The molecule has 50 valence electrons. The Morgan fingerprint density at radius 2 is 2.22 bits per heavy atom. The molecule has 1 heterocycles. The van der Waals surface area contributed by atoms with Crippen LogP contribution in [0.25, 0.3) is 0 Å². The smallest absolute Gasteiger partial charge is 0.460 e. The van der Waals surface area contributed by atoms with Gasteiger partial charge >= 0.3 is 22.5 Å². The minimum Gasteiger partial charge on any atom is -0.476 e. The van der Waals surface area contributed by atoms with Crippen molar-refractivity contribution in [3.63, 3.8) is 0 Å². The van der Waals surface area contributed by atoms with E-state index in [4.69, 9.17) is 5.11 Å². The molecule has 1 fully saturated rings. The van der Waals surface area contributed by atoms with Gasteiger partial charge in [0.1, 0.15) is 0 Å². The largest absolute Gasteiger partial charge is 0.476 e. The molecule has 0 aliphatic carbocycles. The highest BCUT2D eigenvalue weighted by Crippen LogP contribution is 2.07. The van der Waals surface area contributed by atoms with Gasteiger partial charge in [0.05, 0.1) is 0 Å². The highest BCUT2D eigenvalue weighted by molar-refractivity contribution is 7.59. The van der Waals surface area contributed by atoms with Gasteiger partial charge in [-0.05, 0) is 0 Å². The molecule has 0 aromatic rings. The molecule has 1 N–H and O–H groups in total. The topological polar surface area (TPSA) is 74.4 Å². The third-order valence-electron chi connectivity index (χ3n) is 1.04. The van der Waals surface area contributed by atoms with Gasteiger partial charge < -0.3 is 5.11 Å². The van der Waals surface area contributed by atoms with Crippen molar-refractivity contribution >= 4 is 16.5 Å². The van der Waals surface area contributed by atoms with Gasteiger partial charge in [-0.25, -0.2) is 4.79 Å². The summed E-state index contributed by atoms with van der Waals surface area (Å²) in [5, 5.41) is 8.16. The third kappa shape index (κ3) is 1.07. The molecular formula is C3H4NO4S+. The van der Waals surface area contributed by atoms with Crippen LogP contribution >= 0.6 is 0 Å². The van der Waals surface area contributed by atoms with Gasteiger partial charge in [-0.1, -0.05) is 3.95 Å². The summed E-state index contributed by atoms with van der Waals surface area (Å²) >= 11 is 0. The second-order valence-electron chi connectivity index (χ2n) is 1.67. The number of carbonyl (C=O) groups is 1. The van der Waals surface area contributed by atoms with Crippen LogP contribution in [0, 0.1) is 0 Å². The zero-order chi connectivity index (χ0) is 7.02. The quantitative estimate of drug-likeness (QED) is 0.365.